The van der Waals surface area contributed by atoms with Gasteiger partial charge in [-0.15, -0.1) is 0 Å². The van der Waals surface area contributed by atoms with Crippen molar-refractivity contribution in [1.29, 1.82) is 0 Å². The Hall–Kier alpha value is -0.350. The summed E-state index contributed by atoms with van der Waals surface area (Å²) < 4.78 is 0. The molecule has 1 saturated carbocycles. The van der Waals surface area contributed by atoms with Gasteiger partial charge in [0.25, 0.3) is 0 Å². The largest absolute Gasteiger partial charge is 0.358 e. The number of hydroxylamine groups is 2. The number of rotatable bonds is 2. The predicted molar refractivity (Wildman–Crippen MR) is 57.4 cm³/mol. The summed E-state index contributed by atoms with van der Waals surface area (Å²) in [5.74, 6) is 0. The number of nitrogens with one attached hydrogen (secondary N) is 1. The van der Waals surface area contributed by atoms with E-state index in [-0.39, 0.29) is 0 Å². The van der Waals surface area contributed by atoms with E-state index in [1.54, 1.807) is 12.2 Å². The van der Waals surface area contributed by atoms with E-state index in [0.717, 1.165) is 0 Å². The highest BCUT2D eigenvalue weighted by atomic mass is 32.1. The van der Waals surface area contributed by atoms with Crippen molar-refractivity contribution >= 4 is 17.3 Å². The van der Waals surface area contributed by atoms with Crippen molar-refractivity contribution in [3.63, 3.8) is 0 Å². The molecule has 0 aromatic heterocycles. The van der Waals surface area contributed by atoms with Gasteiger partial charge in [0.05, 0.1) is 7.11 Å². The van der Waals surface area contributed by atoms with E-state index in [2.05, 4.69) is 5.32 Å². The summed E-state index contributed by atoms with van der Waals surface area (Å²) in [6.07, 6.45) is 6.47. The van der Waals surface area contributed by atoms with E-state index in [1.165, 1.54) is 32.1 Å². The molecule has 0 atom stereocenters. The van der Waals surface area contributed by atoms with Crippen molar-refractivity contribution in [2.75, 3.05) is 14.2 Å². The second-order valence-corrected chi connectivity index (χ2v) is 3.85. The Bertz CT molecular complexity index is 169. The van der Waals surface area contributed by atoms with Crippen molar-refractivity contribution in [3.05, 3.63) is 0 Å². The number of nitrogens with zero attached hydrogens (tertiary/aromatic N) is 1. The molecule has 1 fully saturated rings. The quantitative estimate of drug-likeness (QED) is 0.544. The normalized spacial score (nSPS) is 18.3. The van der Waals surface area contributed by atoms with E-state index in [1.807, 2.05) is 7.05 Å². The first kappa shape index (κ1) is 10.7. The van der Waals surface area contributed by atoms with Gasteiger partial charge in [-0.2, -0.15) is 0 Å². The van der Waals surface area contributed by atoms with Gasteiger partial charge in [-0.1, -0.05) is 19.3 Å². The minimum atomic E-state index is 0.554. The fraction of sp³-hybridized carbons (Fsp3) is 0.889. The fourth-order valence-corrected chi connectivity index (χ4v) is 1.84. The molecule has 0 saturated heterocycles. The highest BCUT2D eigenvalue weighted by molar-refractivity contribution is 7.80. The van der Waals surface area contributed by atoms with Crippen LogP contribution in [0.1, 0.15) is 32.1 Å². The third-order valence-electron chi connectivity index (χ3n) is 2.49. The molecule has 76 valence electrons. The lowest BCUT2D eigenvalue weighted by Crippen LogP contribution is -2.43. The highest BCUT2D eigenvalue weighted by Gasteiger charge is 2.15. The Morgan fingerprint density at radius 2 is 2.00 bits per heavy atom. The van der Waals surface area contributed by atoms with Crippen LogP contribution in [0.3, 0.4) is 0 Å². The van der Waals surface area contributed by atoms with Gasteiger partial charge in [-0.25, -0.2) is 5.06 Å². The molecule has 4 heteroatoms. The average Bonchev–Trinajstić information content (AvgIpc) is 2.18. The van der Waals surface area contributed by atoms with Crippen molar-refractivity contribution < 1.29 is 4.84 Å². The minimum Gasteiger partial charge on any atom is -0.358 e. The Labute approximate surface area is 85.4 Å². The molecule has 0 amide bonds. The highest BCUT2D eigenvalue weighted by Crippen LogP contribution is 2.17. The lowest BCUT2D eigenvalue weighted by Gasteiger charge is -2.27. The molecule has 0 radical (unpaired) electrons. The summed E-state index contributed by atoms with van der Waals surface area (Å²) >= 11 is 5.15. The van der Waals surface area contributed by atoms with Crippen LogP contribution in [0.5, 0.6) is 0 Å². The first-order valence-electron chi connectivity index (χ1n) is 4.82. The fourth-order valence-electron chi connectivity index (χ4n) is 1.60. The van der Waals surface area contributed by atoms with Crippen LogP contribution in [0.15, 0.2) is 0 Å². The van der Waals surface area contributed by atoms with Crippen LogP contribution in [0.4, 0.5) is 0 Å². The Morgan fingerprint density at radius 1 is 1.38 bits per heavy atom. The van der Waals surface area contributed by atoms with Crippen molar-refractivity contribution in [2.45, 2.75) is 38.1 Å². The van der Waals surface area contributed by atoms with Gasteiger partial charge in [0.2, 0.25) is 0 Å². The van der Waals surface area contributed by atoms with E-state index in [9.17, 15) is 0 Å². The summed E-state index contributed by atoms with van der Waals surface area (Å²) in [4.78, 5) is 4.98. The smallest absolute Gasteiger partial charge is 0.193 e. The SMILES string of the molecule is CON(C)C(=S)NC1CCCCC1. The zero-order valence-corrected chi connectivity index (χ0v) is 9.19. The Kier molecular flexibility index (Phi) is 4.45. The number of hydrogen-bond acceptors (Lipinski definition) is 2. The summed E-state index contributed by atoms with van der Waals surface area (Å²) in [6, 6.07) is 0.554. The van der Waals surface area contributed by atoms with E-state index < -0.39 is 0 Å². The maximum atomic E-state index is 5.15. The molecule has 0 aliphatic heterocycles. The van der Waals surface area contributed by atoms with Gasteiger partial charge >= 0.3 is 0 Å². The van der Waals surface area contributed by atoms with Crippen LogP contribution >= 0.6 is 12.2 Å². The molecule has 13 heavy (non-hydrogen) atoms. The van der Waals surface area contributed by atoms with E-state index in [4.69, 9.17) is 17.1 Å². The van der Waals surface area contributed by atoms with Gasteiger partial charge in [-0.3, -0.25) is 4.84 Å². The van der Waals surface area contributed by atoms with Crippen LogP contribution in [0, 0.1) is 0 Å². The molecule has 3 nitrogen and oxygen atoms in total. The van der Waals surface area contributed by atoms with Crippen molar-refractivity contribution in [1.82, 2.24) is 10.4 Å². The third kappa shape index (κ3) is 3.48. The molecule has 0 aromatic carbocycles. The Morgan fingerprint density at radius 3 is 2.54 bits per heavy atom. The molecular weight excluding hydrogens is 184 g/mol. The average molecular weight is 202 g/mol. The zero-order valence-electron chi connectivity index (χ0n) is 8.38. The minimum absolute atomic E-state index is 0.554. The van der Waals surface area contributed by atoms with Crippen molar-refractivity contribution in [3.8, 4) is 0 Å². The lowest BCUT2D eigenvalue weighted by atomic mass is 9.96. The molecule has 1 N–H and O–H groups in total. The number of thiocarbonyl (C=S) groups is 1. The van der Waals surface area contributed by atoms with Crippen LogP contribution < -0.4 is 5.32 Å². The summed E-state index contributed by atoms with van der Waals surface area (Å²) in [7, 11) is 3.44. The number of hydrogen-bond donors (Lipinski definition) is 1. The standard InChI is InChI=1S/C9H18N2OS/c1-11(12-2)9(13)10-8-6-4-3-5-7-8/h8H,3-7H2,1-2H3,(H,10,13). The third-order valence-corrected chi connectivity index (χ3v) is 2.87. The molecule has 0 aromatic rings. The van der Waals surface area contributed by atoms with Crippen LogP contribution in [-0.4, -0.2) is 30.4 Å². The molecule has 0 spiro atoms. The van der Waals surface area contributed by atoms with Gasteiger partial charge < -0.3 is 5.32 Å². The zero-order chi connectivity index (χ0) is 9.68. The van der Waals surface area contributed by atoms with Gasteiger partial charge in [0.1, 0.15) is 0 Å². The summed E-state index contributed by atoms with van der Waals surface area (Å²) in [5.41, 5.74) is 0. The molecule has 1 rings (SSSR count). The molecular formula is C9H18N2OS. The first-order valence-corrected chi connectivity index (χ1v) is 5.23. The maximum Gasteiger partial charge on any atom is 0.193 e. The van der Waals surface area contributed by atoms with E-state index >= 15 is 0 Å². The Balaban J connectivity index is 2.26. The molecule has 1 aliphatic rings. The topological polar surface area (TPSA) is 24.5 Å². The predicted octanol–water partition coefficient (Wildman–Crippen LogP) is 1.69. The van der Waals surface area contributed by atoms with Crippen LogP contribution in [0.25, 0.3) is 0 Å². The first-order chi connectivity index (χ1) is 6.24. The second kappa shape index (κ2) is 5.40. The van der Waals surface area contributed by atoms with Gasteiger partial charge in [-0.05, 0) is 25.1 Å². The van der Waals surface area contributed by atoms with E-state index in [0.29, 0.717) is 11.2 Å². The van der Waals surface area contributed by atoms with Gasteiger partial charge in [0, 0.05) is 13.1 Å². The lowest BCUT2D eigenvalue weighted by molar-refractivity contribution is -0.0430. The van der Waals surface area contributed by atoms with Crippen LogP contribution in [-0.2, 0) is 4.84 Å². The summed E-state index contributed by atoms with van der Waals surface area (Å²) in [6.45, 7) is 0. The monoisotopic (exact) mass is 202 g/mol. The van der Waals surface area contributed by atoms with Gasteiger partial charge in [0.15, 0.2) is 5.11 Å². The molecule has 0 bridgehead atoms. The van der Waals surface area contributed by atoms with Crippen LogP contribution in [0.2, 0.25) is 0 Å². The molecule has 1 aliphatic carbocycles. The molecule has 0 heterocycles. The molecule has 0 unspecified atom stereocenters. The summed E-state index contributed by atoms with van der Waals surface area (Å²) in [5, 5.41) is 5.58. The maximum absolute atomic E-state index is 5.15. The van der Waals surface area contributed by atoms with Crippen molar-refractivity contribution in [2.24, 2.45) is 0 Å². The second-order valence-electron chi connectivity index (χ2n) is 3.46.